The summed E-state index contributed by atoms with van der Waals surface area (Å²) in [5, 5.41) is 5.77. The van der Waals surface area contributed by atoms with E-state index in [1.54, 1.807) is 11.3 Å². The quantitative estimate of drug-likeness (QED) is 0.708. The van der Waals surface area contributed by atoms with E-state index in [-0.39, 0.29) is 5.91 Å². The fourth-order valence-electron chi connectivity index (χ4n) is 2.52. The largest absolute Gasteiger partial charge is 0.351 e. The van der Waals surface area contributed by atoms with Crippen molar-refractivity contribution in [2.75, 3.05) is 6.54 Å². The number of benzene rings is 1. The van der Waals surface area contributed by atoms with Gasteiger partial charge in [0.1, 0.15) is 5.69 Å². The van der Waals surface area contributed by atoms with Crippen LogP contribution in [0.2, 0.25) is 5.02 Å². The Hall–Kier alpha value is -1.78. The van der Waals surface area contributed by atoms with Crippen LogP contribution in [0.1, 0.15) is 29.9 Å². The minimum atomic E-state index is -0.0332. The van der Waals surface area contributed by atoms with Crippen molar-refractivity contribution in [1.29, 1.82) is 0 Å². The Morgan fingerprint density at radius 2 is 2.09 bits per heavy atom. The molecule has 3 rings (SSSR count). The van der Waals surface area contributed by atoms with Gasteiger partial charge in [-0.2, -0.15) is 0 Å². The third kappa shape index (κ3) is 3.43. The molecule has 3 aromatic rings. The molecule has 2 aromatic heterocycles. The highest BCUT2D eigenvalue weighted by atomic mass is 35.5. The zero-order valence-corrected chi connectivity index (χ0v) is 14.7. The van der Waals surface area contributed by atoms with Crippen molar-refractivity contribution in [3.63, 3.8) is 0 Å². The van der Waals surface area contributed by atoms with Gasteiger partial charge in [0, 0.05) is 18.1 Å². The van der Waals surface area contributed by atoms with Gasteiger partial charge in [-0.1, -0.05) is 43.6 Å². The number of nitrogens with one attached hydrogen (secondary N) is 1. The fourth-order valence-corrected chi connectivity index (χ4v) is 3.54. The molecule has 1 aromatic carbocycles. The van der Waals surface area contributed by atoms with Gasteiger partial charge in [0.2, 0.25) is 0 Å². The molecule has 120 valence electrons. The summed E-state index contributed by atoms with van der Waals surface area (Å²) >= 11 is 7.93. The van der Waals surface area contributed by atoms with Crippen LogP contribution in [0.25, 0.3) is 10.2 Å². The number of hydrogen-bond donors (Lipinski definition) is 1. The summed E-state index contributed by atoms with van der Waals surface area (Å²) in [7, 11) is 0. The van der Waals surface area contributed by atoms with Crippen molar-refractivity contribution < 1.29 is 4.79 Å². The Bertz CT molecular complexity index is 835. The summed E-state index contributed by atoms with van der Waals surface area (Å²) in [5.74, 6) is 0.390. The molecule has 1 amide bonds. The van der Waals surface area contributed by atoms with Crippen LogP contribution in [-0.2, 0) is 6.54 Å². The lowest BCUT2D eigenvalue weighted by Gasteiger charge is -2.13. The van der Waals surface area contributed by atoms with E-state index in [9.17, 15) is 4.79 Å². The molecule has 5 heteroatoms. The monoisotopic (exact) mass is 346 g/mol. The first-order valence-electron chi connectivity index (χ1n) is 7.64. The van der Waals surface area contributed by atoms with Crippen molar-refractivity contribution in [2.45, 2.75) is 20.4 Å². The number of aromatic nitrogens is 1. The first-order chi connectivity index (χ1) is 11.1. The molecular weight excluding hydrogens is 328 g/mol. The van der Waals surface area contributed by atoms with Gasteiger partial charge < -0.3 is 9.88 Å². The number of nitrogens with zero attached hydrogens (tertiary/aromatic N) is 1. The smallest absolute Gasteiger partial charge is 0.267 e. The van der Waals surface area contributed by atoms with Gasteiger partial charge in [-0.05, 0) is 35.1 Å². The summed E-state index contributed by atoms with van der Waals surface area (Å²) in [4.78, 5) is 12.6. The zero-order chi connectivity index (χ0) is 16.4. The molecule has 0 spiro atoms. The van der Waals surface area contributed by atoms with E-state index >= 15 is 0 Å². The van der Waals surface area contributed by atoms with Gasteiger partial charge in [-0.3, -0.25) is 4.79 Å². The number of thiophene rings is 1. The highest BCUT2D eigenvalue weighted by Gasteiger charge is 2.17. The van der Waals surface area contributed by atoms with Crippen molar-refractivity contribution in [3.05, 3.63) is 58.1 Å². The number of fused-ring (bicyclic) bond motifs is 1. The molecule has 2 heterocycles. The van der Waals surface area contributed by atoms with E-state index in [0.29, 0.717) is 24.7 Å². The van der Waals surface area contributed by atoms with E-state index in [2.05, 4.69) is 25.2 Å². The third-order valence-corrected chi connectivity index (χ3v) is 4.93. The molecule has 0 saturated carbocycles. The van der Waals surface area contributed by atoms with Crippen molar-refractivity contribution in [1.82, 2.24) is 9.88 Å². The topological polar surface area (TPSA) is 34.0 Å². The summed E-state index contributed by atoms with van der Waals surface area (Å²) in [5.41, 5.74) is 2.77. The Morgan fingerprint density at radius 1 is 1.30 bits per heavy atom. The van der Waals surface area contributed by atoms with Gasteiger partial charge >= 0.3 is 0 Å². The second-order valence-electron chi connectivity index (χ2n) is 5.98. The van der Waals surface area contributed by atoms with Gasteiger partial charge in [0.25, 0.3) is 5.91 Å². The standard InChI is InChI=1S/C18H19ClN2OS/c1-12(2)10-20-18(22)16-9-17-15(7-8-23-17)21(16)11-13-5-3-4-6-14(13)19/h3-9,12H,10-11H2,1-2H3,(H,20,22). The van der Waals surface area contributed by atoms with Gasteiger partial charge in [0.05, 0.1) is 10.2 Å². The van der Waals surface area contributed by atoms with Crippen molar-refractivity contribution >= 4 is 39.1 Å². The Kier molecular flexibility index (Phi) is 4.74. The number of halogens is 1. The molecule has 0 bridgehead atoms. The van der Waals surface area contributed by atoms with Gasteiger partial charge in [0.15, 0.2) is 0 Å². The average Bonchev–Trinajstić information content (AvgIpc) is 3.09. The number of carbonyl (C=O) groups excluding carboxylic acids is 1. The summed E-state index contributed by atoms with van der Waals surface area (Å²) in [6.45, 7) is 5.43. The summed E-state index contributed by atoms with van der Waals surface area (Å²) in [6.07, 6.45) is 0. The maximum Gasteiger partial charge on any atom is 0.267 e. The molecule has 1 N–H and O–H groups in total. The minimum absolute atomic E-state index is 0.0332. The van der Waals surface area contributed by atoms with Crippen molar-refractivity contribution in [2.24, 2.45) is 5.92 Å². The number of carbonyl (C=O) groups is 1. The second kappa shape index (κ2) is 6.77. The van der Waals surface area contributed by atoms with E-state index in [4.69, 9.17) is 11.6 Å². The molecule has 0 radical (unpaired) electrons. The first-order valence-corrected chi connectivity index (χ1v) is 8.90. The van der Waals surface area contributed by atoms with Gasteiger partial charge in [-0.15, -0.1) is 11.3 Å². The van der Waals surface area contributed by atoms with Crippen LogP contribution in [0.3, 0.4) is 0 Å². The van der Waals surface area contributed by atoms with Crippen LogP contribution in [0.5, 0.6) is 0 Å². The third-order valence-electron chi connectivity index (χ3n) is 3.71. The maximum atomic E-state index is 12.6. The molecule has 3 nitrogen and oxygen atoms in total. The van der Waals surface area contributed by atoms with E-state index in [1.165, 1.54) is 0 Å². The summed E-state index contributed by atoms with van der Waals surface area (Å²) in [6, 6.07) is 11.8. The highest BCUT2D eigenvalue weighted by Crippen LogP contribution is 2.27. The SMILES string of the molecule is CC(C)CNC(=O)c1cc2sccc2n1Cc1ccccc1Cl. The molecule has 0 saturated heterocycles. The molecule has 0 aliphatic carbocycles. The molecule has 0 aliphatic rings. The lowest BCUT2D eigenvalue weighted by atomic mass is 10.2. The Balaban J connectivity index is 1.97. The number of rotatable bonds is 5. The highest BCUT2D eigenvalue weighted by molar-refractivity contribution is 7.17. The number of amides is 1. The van der Waals surface area contributed by atoms with Crippen LogP contribution in [0.4, 0.5) is 0 Å². The lowest BCUT2D eigenvalue weighted by Crippen LogP contribution is -2.29. The lowest BCUT2D eigenvalue weighted by molar-refractivity contribution is 0.0940. The zero-order valence-electron chi connectivity index (χ0n) is 13.2. The van der Waals surface area contributed by atoms with Crippen LogP contribution >= 0.6 is 22.9 Å². The van der Waals surface area contributed by atoms with Gasteiger partial charge in [-0.25, -0.2) is 0 Å². The van der Waals surface area contributed by atoms with E-state index < -0.39 is 0 Å². The molecule has 0 atom stereocenters. The van der Waals surface area contributed by atoms with Crippen LogP contribution in [0, 0.1) is 5.92 Å². The van der Waals surface area contributed by atoms with Crippen molar-refractivity contribution in [3.8, 4) is 0 Å². The predicted octanol–water partition coefficient (Wildman–Crippen LogP) is 4.79. The predicted molar refractivity (Wildman–Crippen MR) is 97.5 cm³/mol. The van der Waals surface area contributed by atoms with Crippen LogP contribution in [0.15, 0.2) is 41.8 Å². The molecule has 0 fully saturated rings. The molecule has 23 heavy (non-hydrogen) atoms. The molecule has 0 unspecified atom stereocenters. The second-order valence-corrected chi connectivity index (χ2v) is 7.34. The van der Waals surface area contributed by atoms with E-state index in [0.717, 1.165) is 20.8 Å². The maximum absolute atomic E-state index is 12.6. The minimum Gasteiger partial charge on any atom is -0.351 e. The molecular formula is C18H19ClN2OS. The van der Waals surface area contributed by atoms with Crippen LogP contribution < -0.4 is 5.32 Å². The number of hydrogen-bond acceptors (Lipinski definition) is 2. The van der Waals surface area contributed by atoms with E-state index in [1.807, 2.05) is 40.3 Å². The first kappa shape index (κ1) is 16.1. The Morgan fingerprint density at radius 3 is 2.83 bits per heavy atom. The normalized spacial score (nSPS) is 11.3. The summed E-state index contributed by atoms with van der Waals surface area (Å²) < 4.78 is 3.16. The average molecular weight is 347 g/mol. The fraction of sp³-hybridized carbons (Fsp3) is 0.278. The van der Waals surface area contributed by atoms with Crippen LogP contribution in [-0.4, -0.2) is 17.0 Å². The molecule has 0 aliphatic heterocycles. The Labute approximate surface area is 144 Å².